The first-order valence-corrected chi connectivity index (χ1v) is 9.43. The van der Waals surface area contributed by atoms with E-state index in [1.54, 1.807) is 12.5 Å². The Kier molecular flexibility index (Phi) is 5.80. The van der Waals surface area contributed by atoms with Gasteiger partial charge in [0.15, 0.2) is 0 Å². The molecule has 3 atom stereocenters. The summed E-state index contributed by atoms with van der Waals surface area (Å²) in [5.74, 6) is 1.29. The number of rotatable bonds is 6. The van der Waals surface area contributed by atoms with Gasteiger partial charge >= 0.3 is 0 Å². The molecule has 1 fully saturated rings. The Labute approximate surface area is 151 Å². The van der Waals surface area contributed by atoms with Crippen LogP contribution in [0.3, 0.4) is 0 Å². The van der Waals surface area contributed by atoms with Crippen molar-refractivity contribution in [3.63, 3.8) is 0 Å². The lowest BCUT2D eigenvalue weighted by molar-refractivity contribution is -0.0346. The molecule has 0 bridgehead atoms. The van der Waals surface area contributed by atoms with Crippen molar-refractivity contribution in [1.29, 1.82) is 0 Å². The van der Waals surface area contributed by atoms with E-state index < -0.39 is 0 Å². The highest BCUT2D eigenvalue weighted by Gasteiger charge is 2.40. The van der Waals surface area contributed by atoms with E-state index >= 15 is 0 Å². The second kappa shape index (κ2) is 8.05. The summed E-state index contributed by atoms with van der Waals surface area (Å²) in [6, 6.07) is 12.9. The van der Waals surface area contributed by atoms with Gasteiger partial charge in [0.25, 0.3) is 0 Å². The summed E-state index contributed by atoms with van der Waals surface area (Å²) < 4.78 is 11.4. The smallest absolute Gasteiger partial charge is 0.0974 e. The van der Waals surface area contributed by atoms with Crippen LogP contribution in [0.2, 0.25) is 0 Å². The topological polar surface area (TPSA) is 22.4 Å². The molecule has 0 radical (unpaired) electrons. The maximum atomic E-state index is 6.35. The van der Waals surface area contributed by atoms with Gasteiger partial charge in [-0.2, -0.15) is 0 Å². The molecule has 2 nitrogen and oxygen atoms in total. The highest BCUT2D eigenvalue weighted by molar-refractivity contribution is 5.46. The van der Waals surface area contributed by atoms with E-state index in [1.807, 2.05) is 6.07 Å². The Balaban J connectivity index is 1.68. The van der Waals surface area contributed by atoms with Crippen molar-refractivity contribution in [3.8, 4) is 0 Å². The minimum Gasteiger partial charge on any atom is -0.472 e. The lowest BCUT2D eigenvalue weighted by Crippen LogP contribution is -2.42. The standard InChI is InChI=1S/C23H30O2/c1-18-11-12-21(23(2,3)20-9-5-4-6-10-20)22(16-18)25-14-7-8-19-13-15-24-17-19/h4-10,13,15,17-18,21-22H,11-12,14,16H2,1-3H3/b8-7+/t18-,21-,22-/m1/s1. The molecule has 1 aliphatic carbocycles. The molecule has 2 heteroatoms. The van der Waals surface area contributed by atoms with Crippen LogP contribution >= 0.6 is 0 Å². The van der Waals surface area contributed by atoms with Crippen LogP contribution in [-0.4, -0.2) is 12.7 Å². The third kappa shape index (κ3) is 4.43. The SMILES string of the molecule is C[C@@H]1CC[C@@H](C(C)(C)c2ccccc2)[C@H](OC/C=C/c2ccoc2)C1. The van der Waals surface area contributed by atoms with Crippen molar-refractivity contribution in [2.45, 2.75) is 51.6 Å². The van der Waals surface area contributed by atoms with Crippen molar-refractivity contribution in [3.05, 3.63) is 66.1 Å². The first kappa shape index (κ1) is 18.0. The molecule has 1 aliphatic rings. The molecule has 1 aromatic carbocycles. The molecule has 134 valence electrons. The molecule has 0 unspecified atom stereocenters. The van der Waals surface area contributed by atoms with E-state index in [0.29, 0.717) is 18.6 Å². The monoisotopic (exact) mass is 338 g/mol. The van der Waals surface area contributed by atoms with E-state index in [0.717, 1.165) is 17.9 Å². The summed E-state index contributed by atoms with van der Waals surface area (Å²) in [6.07, 6.45) is 11.6. The lowest BCUT2D eigenvalue weighted by atomic mass is 9.64. The number of furan rings is 1. The summed E-state index contributed by atoms with van der Waals surface area (Å²) in [4.78, 5) is 0. The molecular weight excluding hydrogens is 308 g/mol. The zero-order valence-corrected chi connectivity index (χ0v) is 15.7. The molecular formula is C23H30O2. The molecule has 2 aromatic rings. The maximum Gasteiger partial charge on any atom is 0.0974 e. The van der Waals surface area contributed by atoms with Crippen LogP contribution in [0.4, 0.5) is 0 Å². The Hall–Kier alpha value is -1.80. The van der Waals surface area contributed by atoms with Crippen molar-refractivity contribution in [2.75, 3.05) is 6.61 Å². The molecule has 3 rings (SSSR count). The normalized spacial score (nSPS) is 24.7. The van der Waals surface area contributed by atoms with Gasteiger partial charge in [0.05, 0.1) is 25.2 Å². The van der Waals surface area contributed by atoms with Crippen LogP contribution in [-0.2, 0) is 10.2 Å². The molecule has 1 aromatic heterocycles. The van der Waals surface area contributed by atoms with Crippen molar-refractivity contribution in [2.24, 2.45) is 11.8 Å². The van der Waals surface area contributed by atoms with Crippen LogP contribution in [0.1, 0.15) is 51.2 Å². The van der Waals surface area contributed by atoms with Crippen LogP contribution < -0.4 is 0 Å². The van der Waals surface area contributed by atoms with E-state index in [1.165, 1.54) is 18.4 Å². The van der Waals surface area contributed by atoms with Crippen LogP contribution in [0.5, 0.6) is 0 Å². The minimum atomic E-state index is 0.125. The average Bonchev–Trinajstić information content (AvgIpc) is 3.13. The van der Waals surface area contributed by atoms with Crippen molar-refractivity contribution in [1.82, 2.24) is 0 Å². The molecule has 0 saturated heterocycles. The van der Waals surface area contributed by atoms with Crippen LogP contribution in [0.15, 0.2) is 59.4 Å². The number of benzene rings is 1. The fourth-order valence-electron chi connectivity index (χ4n) is 4.15. The number of hydrogen-bond donors (Lipinski definition) is 0. The summed E-state index contributed by atoms with van der Waals surface area (Å²) in [5, 5.41) is 0. The van der Waals surface area contributed by atoms with Gasteiger partial charge in [-0.1, -0.05) is 69.7 Å². The quantitative estimate of drug-likeness (QED) is 0.635. The fourth-order valence-corrected chi connectivity index (χ4v) is 4.15. The van der Waals surface area contributed by atoms with Gasteiger partial charge in [0.1, 0.15) is 0 Å². The third-order valence-electron chi connectivity index (χ3n) is 5.76. The maximum absolute atomic E-state index is 6.35. The first-order chi connectivity index (χ1) is 12.1. The van der Waals surface area contributed by atoms with Gasteiger partial charge in [-0.25, -0.2) is 0 Å². The largest absolute Gasteiger partial charge is 0.472 e. The Morgan fingerprint density at radius 2 is 1.96 bits per heavy atom. The molecule has 0 spiro atoms. The van der Waals surface area contributed by atoms with E-state index in [4.69, 9.17) is 9.15 Å². The Morgan fingerprint density at radius 1 is 1.16 bits per heavy atom. The summed E-state index contributed by atoms with van der Waals surface area (Å²) in [5.41, 5.74) is 2.62. The van der Waals surface area contributed by atoms with Gasteiger partial charge < -0.3 is 9.15 Å². The molecule has 0 N–H and O–H groups in total. The minimum absolute atomic E-state index is 0.125. The number of ether oxygens (including phenoxy) is 1. The predicted octanol–water partition coefficient (Wildman–Crippen LogP) is 6.09. The van der Waals surface area contributed by atoms with Crippen molar-refractivity contribution >= 4 is 6.08 Å². The predicted molar refractivity (Wildman–Crippen MR) is 103 cm³/mol. The van der Waals surface area contributed by atoms with Gasteiger partial charge in [0, 0.05) is 5.56 Å². The average molecular weight is 338 g/mol. The van der Waals surface area contributed by atoms with Crippen molar-refractivity contribution < 1.29 is 9.15 Å². The summed E-state index contributed by atoms with van der Waals surface area (Å²) >= 11 is 0. The lowest BCUT2D eigenvalue weighted by Gasteiger charge is -2.44. The zero-order valence-electron chi connectivity index (χ0n) is 15.7. The number of hydrogen-bond acceptors (Lipinski definition) is 2. The van der Waals surface area contributed by atoms with Gasteiger partial charge in [-0.3, -0.25) is 0 Å². The summed E-state index contributed by atoms with van der Waals surface area (Å²) in [6.45, 7) is 7.76. The molecule has 1 saturated carbocycles. The Bertz CT molecular complexity index is 655. The van der Waals surface area contributed by atoms with E-state index in [-0.39, 0.29) is 5.41 Å². The van der Waals surface area contributed by atoms with E-state index in [2.05, 4.69) is 63.3 Å². The molecule has 0 amide bonds. The first-order valence-electron chi connectivity index (χ1n) is 9.43. The molecule has 0 aliphatic heterocycles. The fraction of sp³-hybridized carbons (Fsp3) is 0.478. The second-order valence-corrected chi connectivity index (χ2v) is 7.94. The molecule has 25 heavy (non-hydrogen) atoms. The van der Waals surface area contributed by atoms with E-state index in [9.17, 15) is 0 Å². The van der Waals surface area contributed by atoms with Gasteiger partial charge in [-0.05, 0) is 41.7 Å². The zero-order chi connectivity index (χ0) is 17.7. The third-order valence-corrected chi connectivity index (χ3v) is 5.76. The van der Waals surface area contributed by atoms with Gasteiger partial charge in [-0.15, -0.1) is 0 Å². The highest BCUT2D eigenvalue weighted by Crippen LogP contribution is 2.43. The van der Waals surface area contributed by atoms with Crippen LogP contribution in [0.25, 0.3) is 6.08 Å². The molecule has 1 heterocycles. The van der Waals surface area contributed by atoms with Crippen LogP contribution in [0, 0.1) is 11.8 Å². The Morgan fingerprint density at radius 3 is 2.68 bits per heavy atom. The van der Waals surface area contributed by atoms with Gasteiger partial charge in [0.2, 0.25) is 0 Å². The summed E-state index contributed by atoms with van der Waals surface area (Å²) in [7, 11) is 0. The second-order valence-electron chi connectivity index (χ2n) is 7.94. The highest BCUT2D eigenvalue weighted by atomic mass is 16.5.